The lowest BCUT2D eigenvalue weighted by molar-refractivity contribution is -0.118. The Labute approximate surface area is 220 Å². The Morgan fingerprint density at radius 3 is 2.30 bits per heavy atom. The van der Waals surface area contributed by atoms with Crippen LogP contribution in [-0.2, 0) is 11.3 Å². The molecule has 1 amide bonds. The first-order chi connectivity index (χ1) is 17.9. The second-order valence-electron chi connectivity index (χ2n) is 9.25. The molecule has 193 valence electrons. The second kappa shape index (κ2) is 11.6. The summed E-state index contributed by atoms with van der Waals surface area (Å²) < 4.78 is 10.6. The van der Waals surface area contributed by atoms with Gasteiger partial charge in [-0.3, -0.25) is 4.79 Å². The van der Waals surface area contributed by atoms with E-state index in [1.54, 1.807) is 24.1 Å². The highest BCUT2D eigenvalue weighted by Gasteiger charge is 2.39. The van der Waals surface area contributed by atoms with Crippen molar-refractivity contribution in [2.24, 2.45) is 0 Å². The first-order valence-electron chi connectivity index (χ1n) is 12.9. The molecule has 7 heteroatoms. The molecule has 0 fully saturated rings. The zero-order valence-corrected chi connectivity index (χ0v) is 23.2. The van der Waals surface area contributed by atoms with Crippen LogP contribution in [0.15, 0.2) is 65.2 Å². The summed E-state index contributed by atoms with van der Waals surface area (Å²) in [6.45, 7) is 9.17. The van der Waals surface area contributed by atoms with Gasteiger partial charge in [0.15, 0.2) is 5.58 Å². The van der Waals surface area contributed by atoms with E-state index in [1.807, 2.05) is 55.5 Å². The van der Waals surface area contributed by atoms with Crippen LogP contribution in [-0.4, -0.2) is 32.1 Å². The van der Waals surface area contributed by atoms with Crippen molar-refractivity contribution in [3.05, 3.63) is 83.0 Å². The average Bonchev–Trinajstić information content (AvgIpc) is 3.41. The zero-order chi connectivity index (χ0) is 26.5. The Balaban J connectivity index is 0.000000405. The summed E-state index contributed by atoms with van der Waals surface area (Å²) in [6.07, 6.45) is 0. The molecule has 0 saturated heterocycles. The van der Waals surface area contributed by atoms with Crippen LogP contribution in [0, 0.1) is 6.92 Å². The first kappa shape index (κ1) is 26.5. The monoisotopic (exact) mass is 515 g/mol. The Morgan fingerprint density at radius 2 is 1.68 bits per heavy atom. The number of hydrogen-bond donors (Lipinski definition) is 1. The van der Waals surface area contributed by atoms with Gasteiger partial charge in [0.1, 0.15) is 11.5 Å². The summed E-state index contributed by atoms with van der Waals surface area (Å²) in [5.41, 5.74) is 4.47. The summed E-state index contributed by atoms with van der Waals surface area (Å²) in [5.74, 6) is 0.144. The van der Waals surface area contributed by atoms with E-state index in [2.05, 4.69) is 25.9 Å². The molecule has 1 aliphatic rings. The number of aryl methyl sites for hydroxylation is 1. The van der Waals surface area contributed by atoms with E-state index in [1.165, 1.54) is 18.1 Å². The minimum absolute atomic E-state index is 0.0632. The molecule has 3 aromatic carbocycles. The number of nitrogens with zero attached hydrogens (tertiary/aromatic N) is 2. The SMILES string of the molecule is CC[Si](CC)CC.COc1ccc(CN2C(=O)C(c3cc4onc(C)c4cc3O)c3ccccc32)cc1. The molecule has 5 rings (SSSR count). The average molecular weight is 516 g/mol. The van der Waals surface area contributed by atoms with Crippen LogP contribution in [0.2, 0.25) is 18.1 Å². The molecule has 0 spiro atoms. The van der Waals surface area contributed by atoms with Crippen LogP contribution in [0.4, 0.5) is 5.69 Å². The summed E-state index contributed by atoms with van der Waals surface area (Å²) in [5, 5.41) is 15.4. The number of amides is 1. The normalized spacial score (nSPS) is 14.6. The number of phenolic OH excluding ortho intramolecular Hbond substituents is 1. The van der Waals surface area contributed by atoms with Gasteiger partial charge in [0, 0.05) is 25.4 Å². The lowest BCUT2D eigenvalue weighted by Crippen LogP contribution is -2.28. The maximum absolute atomic E-state index is 13.5. The van der Waals surface area contributed by atoms with Gasteiger partial charge in [-0.25, -0.2) is 0 Å². The highest BCUT2D eigenvalue weighted by Crippen LogP contribution is 2.45. The van der Waals surface area contributed by atoms with Gasteiger partial charge in [0.25, 0.3) is 0 Å². The van der Waals surface area contributed by atoms with Crippen molar-refractivity contribution in [3.63, 3.8) is 0 Å². The van der Waals surface area contributed by atoms with Crippen molar-refractivity contribution >= 4 is 31.4 Å². The number of anilines is 1. The van der Waals surface area contributed by atoms with E-state index in [-0.39, 0.29) is 20.5 Å². The molecule has 6 nitrogen and oxygen atoms in total. The molecule has 1 unspecified atom stereocenters. The van der Waals surface area contributed by atoms with E-state index in [0.717, 1.165) is 28.0 Å². The molecule has 1 aromatic heterocycles. The van der Waals surface area contributed by atoms with Gasteiger partial charge in [0.05, 0.1) is 25.3 Å². The molecule has 1 atom stereocenters. The number of rotatable bonds is 7. The third-order valence-corrected chi connectivity index (χ3v) is 10.2. The van der Waals surface area contributed by atoms with E-state index >= 15 is 0 Å². The molecule has 4 aromatic rings. The molecular weight excluding hydrogens is 480 g/mol. The fraction of sp³-hybridized carbons (Fsp3) is 0.333. The molecule has 1 N–H and O–H groups in total. The number of aromatic nitrogens is 1. The minimum Gasteiger partial charge on any atom is -0.508 e. The van der Waals surface area contributed by atoms with Crippen LogP contribution < -0.4 is 9.64 Å². The zero-order valence-electron chi connectivity index (χ0n) is 22.2. The Bertz CT molecular complexity index is 1360. The third kappa shape index (κ3) is 5.42. The van der Waals surface area contributed by atoms with Crippen LogP contribution in [0.5, 0.6) is 11.5 Å². The van der Waals surface area contributed by atoms with Crippen molar-refractivity contribution in [1.82, 2.24) is 5.16 Å². The van der Waals surface area contributed by atoms with Gasteiger partial charge in [-0.15, -0.1) is 0 Å². The van der Waals surface area contributed by atoms with Gasteiger partial charge in [-0.05, 0) is 48.4 Å². The van der Waals surface area contributed by atoms with Crippen LogP contribution in [0.25, 0.3) is 11.0 Å². The number of carbonyl (C=O) groups is 1. The van der Waals surface area contributed by atoms with Crippen molar-refractivity contribution in [2.75, 3.05) is 12.0 Å². The number of methoxy groups -OCH3 is 1. The van der Waals surface area contributed by atoms with E-state index in [4.69, 9.17) is 9.26 Å². The number of carbonyl (C=O) groups excluding carboxylic acids is 1. The number of hydrogen-bond acceptors (Lipinski definition) is 5. The van der Waals surface area contributed by atoms with Crippen LogP contribution in [0.3, 0.4) is 0 Å². The predicted molar refractivity (Wildman–Crippen MR) is 150 cm³/mol. The minimum atomic E-state index is -0.603. The fourth-order valence-electron chi connectivity index (χ4n) is 4.85. The highest BCUT2D eigenvalue weighted by atomic mass is 28.3. The highest BCUT2D eigenvalue weighted by molar-refractivity contribution is 6.58. The largest absolute Gasteiger partial charge is 0.508 e. The van der Waals surface area contributed by atoms with Crippen molar-refractivity contribution < 1.29 is 19.2 Å². The molecule has 1 aliphatic heterocycles. The number of phenols is 1. The van der Waals surface area contributed by atoms with Gasteiger partial charge >= 0.3 is 0 Å². The molecule has 0 bridgehead atoms. The smallest absolute Gasteiger partial charge is 0.239 e. The maximum Gasteiger partial charge on any atom is 0.239 e. The van der Waals surface area contributed by atoms with Gasteiger partial charge in [-0.1, -0.05) is 74.4 Å². The number of aromatic hydroxyl groups is 1. The fourth-order valence-corrected chi connectivity index (χ4v) is 6.35. The van der Waals surface area contributed by atoms with E-state index in [0.29, 0.717) is 23.4 Å². The summed E-state index contributed by atoms with van der Waals surface area (Å²) in [7, 11) is 1.76. The number of para-hydroxylation sites is 1. The van der Waals surface area contributed by atoms with E-state index < -0.39 is 5.92 Å². The standard InChI is InChI=1S/C24H20N2O4.C6H15Si/c1-14-18-11-21(27)19(12-22(18)30-25-14)23-17-5-3-4-6-20(17)26(24(23)28)13-15-7-9-16(29-2)10-8-15;1-4-7(5-2)6-3/h3-12,23,27H,13H2,1-2H3;4-6H2,1-3H3. The number of benzene rings is 3. The third-order valence-electron chi connectivity index (χ3n) is 7.16. The summed E-state index contributed by atoms with van der Waals surface area (Å²) >= 11 is 0. The summed E-state index contributed by atoms with van der Waals surface area (Å²) in [4.78, 5) is 15.3. The Kier molecular flexibility index (Phi) is 8.33. The molecule has 1 radical (unpaired) electrons. The van der Waals surface area contributed by atoms with Crippen molar-refractivity contribution in [3.8, 4) is 11.5 Å². The van der Waals surface area contributed by atoms with Crippen molar-refractivity contribution in [2.45, 2.75) is 58.3 Å². The van der Waals surface area contributed by atoms with Crippen LogP contribution in [0.1, 0.15) is 49.1 Å². The quantitative estimate of drug-likeness (QED) is 0.266. The van der Waals surface area contributed by atoms with E-state index in [9.17, 15) is 9.90 Å². The van der Waals surface area contributed by atoms with Gasteiger partial charge in [-0.2, -0.15) is 0 Å². The topological polar surface area (TPSA) is 75.8 Å². The number of fused-ring (bicyclic) bond motifs is 2. The first-order valence-corrected chi connectivity index (χ1v) is 15.0. The lowest BCUT2D eigenvalue weighted by atomic mass is 9.91. The molecule has 0 aliphatic carbocycles. The maximum atomic E-state index is 13.5. The second-order valence-corrected chi connectivity index (χ2v) is 12.9. The Morgan fingerprint density at radius 1 is 1.00 bits per heavy atom. The van der Waals surface area contributed by atoms with Crippen molar-refractivity contribution in [1.29, 1.82) is 0 Å². The van der Waals surface area contributed by atoms with Gasteiger partial charge in [0.2, 0.25) is 5.91 Å². The molecular formula is C30H35N2O4Si. The summed E-state index contributed by atoms with van der Waals surface area (Å²) in [6, 6.07) is 23.1. The van der Waals surface area contributed by atoms with Crippen LogP contribution >= 0.6 is 0 Å². The molecule has 2 heterocycles. The van der Waals surface area contributed by atoms with Gasteiger partial charge < -0.3 is 19.3 Å². The Hall–Kier alpha value is -3.58. The predicted octanol–water partition coefficient (Wildman–Crippen LogP) is 7.07. The number of ether oxygens (including phenoxy) is 1. The lowest BCUT2D eigenvalue weighted by Gasteiger charge is -2.19. The molecule has 37 heavy (non-hydrogen) atoms. The molecule has 0 saturated carbocycles.